The molecule has 0 radical (unpaired) electrons. The second-order valence-electron chi connectivity index (χ2n) is 6.95. The second-order valence-corrected chi connectivity index (χ2v) is 7.56. The van der Waals surface area contributed by atoms with E-state index in [-0.39, 0.29) is 5.56 Å². The van der Waals surface area contributed by atoms with E-state index in [0.717, 1.165) is 12.1 Å². The minimum atomic E-state index is -4.52. The largest absolute Gasteiger partial charge is 0.416 e. The van der Waals surface area contributed by atoms with Crippen molar-refractivity contribution in [3.8, 4) is 0 Å². The molecule has 0 unspecified atom stereocenters. The highest BCUT2D eigenvalue weighted by atomic mass is 32.2. The van der Waals surface area contributed by atoms with Crippen LogP contribution >= 0.6 is 11.9 Å². The van der Waals surface area contributed by atoms with Gasteiger partial charge in [-0.2, -0.15) is 13.2 Å². The third-order valence-electron chi connectivity index (χ3n) is 5.34. The summed E-state index contributed by atoms with van der Waals surface area (Å²) in [5.41, 5.74) is -2.21. The normalized spacial score (nSPS) is 28.7. The molecule has 1 amide bonds. The molecule has 0 aromatic heterocycles. The van der Waals surface area contributed by atoms with Gasteiger partial charge in [0.15, 0.2) is 0 Å². The van der Waals surface area contributed by atoms with Gasteiger partial charge in [0.2, 0.25) is 0 Å². The number of fused-ring (bicyclic) bond motifs is 3. The van der Waals surface area contributed by atoms with Crippen LogP contribution in [0, 0.1) is 0 Å². The highest BCUT2D eigenvalue weighted by Gasteiger charge is 2.49. The quantitative estimate of drug-likeness (QED) is 0.578. The third-order valence-corrected chi connectivity index (χ3v) is 5.76. The van der Waals surface area contributed by atoms with Gasteiger partial charge in [-0.25, -0.2) is 4.39 Å². The molecule has 0 aliphatic heterocycles. The number of alkyl halides is 4. The smallest absolute Gasteiger partial charge is 0.347 e. The van der Waals surface area contributed by atoms with Gasteiger partial charge < -0.3 is 10.0 Å². The Morgan fingerprint density at radius 2 is 1.72 bits per heavy atom. The number of halogens is 4. The van der Waals surface area contributed by atoms with Gasteiger partial charge >= 0.3 is 6.18 Å². The summed E-state index contributed by atoms with van der Waals surface area (Å²) < 4.78 is 56.1. The van der Waals surface area contributed by atoms with Crippen LogP contribution in [0.5, 0.6) is 0 Å². The van der Waals surface area contributed by atoms with E-state index >= 15 is 0 Å². The van der Waals surface area contributed by atoms with E-state index in [1.807, 2.05) is 0 Å². The number of carbonyl (C=O) groups is 1. The zero-order valence-electron chi connectivity index (χ0n) is 13.8. The van der Waals surface area contributed by atoms with Crippen LogP contribution < -0.4 is 10.0 Å². The summed E-state index contributed by atoms with van der Waals surface area (Å²) in [6, 6.07) is 3.09. The molecule has 3 aliphatic carbocycles. The highest BCUT2D eigenvalue weighted by Crippen LogP contribution is 2.49. The second kappa shape index (κ2) is 6.37. The zero-order chi connectivity index (χ0) is 18.3. The topological polar surface area (TPSA) is 41.1 Å². The predicted molar refractivity (Wildman–Crippen MR) is 90.3 cm³/mol. The molecule has 2 bridgehead atoms. The summed E-state index contributed by atoms with van der Waals surface area (Å²) in [5, 5.41) is 2.91. The number of anilines is 1. The fraction of sp³-hybridized carbons (Fsp3) is 0.588. The Morgan fingerprint density at radius 3 is 2.24 bits per heavy atom. The van der Waals surface area contributed by atoms with Crippen molar-refractivity contribution >= 4 is 23.5 Å². The van der Waals surface area contributed by atoms with Gasteiger partial charge in [0.25, 0.3) is 5.91 Å². The summed E-state index contributed by atoms with van der Waals surface area (Å²) >= 11 is 1.20. The first-order valence-electron chi connectivity index (χ1n) is 8.18. The SMILES string of the molecule is CSNc1ccc(C(F)(F)F)cc1C(=O)NC12CCC(F)(CC1)CC2. The van der Waals surface area contributed by atoms with Gasteiger partial charge in [-0.15, -0.1) is 0 Å². The lowest BCUT2D eigenvalue weighted by Crippen LogP contribution is -2.57. The van der Waals surface area contributed by atoms with Crippen LogP contribution in [0.25, 0.3) is 0 Å². The van der Waals surface area contributed by atoms with Gasteiger partial charge in [-0.1, -0.05) is 11.9 Å². The van der Waals surface area contributed by atoms with Gasteiger partial charge in [-0.3, -0.25) is 4.79 Å². The Hall–Kier alpha value is -1.44. The maximum atomic E-state index is 14.3. The number of hydrogen-bond donors (Lipinski definition) is 2. The van der Waals surface area contributed by atoms with E-state index in [1.54, 1.807) is 6.26 Å². The first-order valence-corrected chi connectivity index (χ1v) is 9.41. The molecule has 1 aromatic carbocycles. The molecule has 0 spiro atoms. The average Bonchev–Trinajstić information content (AvgIpc) is 2.56. The van der Waals surface area contributed by atoms with Crippen molar-refractivity contribution in [1.29, 1.82) is 0 Å². The van der Waals surface area contributed by atoms with E-state index < -0.39 is 28.9 Å². The monoisotopic (exact) mass is 376 g/mol. The fourth-order valence-electron chi connectivity index (χ4n) is 3.74. The first kappa shape index (κ1) is 18.4. The van der Waals surface area contributed by atoms with Crippen molar-refractivity contribution in [2.45, 2.75) is 55.9 Å². The Kier molecular flexibility index (Phi) is 4.68. The van der Waals surface area contributed by atoms with Crippen molar-refractivity contribution in [1.82, 2.24) is 5.32 Å². The molecule has 25 heavy (non-hydrogen) atoms. The molecule has 0 heterocycles. The minimum Gasteiger partial charge on any atom is -0.347 e. The fourth-order valence-corrected chi connectivity index (χ4v) is 4.14. The zero-order valence-corrected chi connectivity index (χ0v) is 14.6. The first-order chi connectivity index (χ1) is 11.7. The molecule has 0 atom stereocenters. The van der Waals surface area contributed by atoms with Crippen molar-refractivity contribution < 1.29 is 22.4 Å². The Balaban J connectivity index is 1.85. The molecule has 3 nitrogen and oxygen atoms in total. The summed E-state index contributed by atoms with van der Waals surface area (Å²) in [5.74, 6) is -0.545. The standard InChI is InChI=1S/C17H20F4N2OS/c1-25-23-13-3-2-11(17(19,20)21)10-12(13)14(24)22-16-7-4-15(18,5-8-16)6-9-16/h2-3,10,23H,4-9H2,1H3,(H,22,24). The van der Waals surface area contributed by atoms with Crippen LogP contribution in [0.4, 0.5) is 23.2 Å². The van der Waals surface area contributed by atoms with Crippen molar-refractivity contribution in [2.75, 3.05) is 11.0 Å². The lowest BCUT2D eigenvalue weighted by atomic mass is 9.64. The summed E-state index contributed by atoms with van der Waals surface area (Å²) in [6.07, 6.45) is -0.0301. The molecular weight excluding hydrogens is 356 g/mol. The molecule has 138 valence electrons. The van der Waals surface area contributed by atoms with Crippen LogP contribution in [0.3, 0.4) is 0 Å². The lowest BCUT2D eigenvalue weighted by Gasteiger charge is -2.50. The van der Waals surface area contributed by atoms with E-state index in [2.05, 4.69) is 10.0 Å². The van der Waals surface area contributed by atoms with E-state index in [1.165, 1.54) is 18.0 Å². The molecule has 4 rings (SSSR count). The number of hydrogen-bond acceptors (Lipinski definition) is 3. The molecule has 3 saturated carbocycles. The van der Waals surface area contributed by atoms with Crippen LogP contribution in [0.15, 0.2) is 18.2 Å². The molecule has 8 heteroatoms. The maximum Gasteiger partial charge on any atom is 0.416 e. The number of amides is 1. The van der Waals surface area contributed by atoms with Gasteiger partial charge in [-0.05, 0) is 56.7 Å². The van der Waals surface area contributed by atoms with E-state index in [4.69, 9.17) is 0 Å². The van der Waals surface area contributed by atoms with Crippen molar-refractivity contribution in [2.24, 2.45) is 0 Å². The van der Waals surface area contributed by atoms with Crippen LogP contribution in [-0.4, -0.2) is 23.4 Å². The van der Waals surface area contributed by atoms with E-state index in [0.29, 0.717) is 44.2 Å². The molecular formula is C17H20F4N2OS. The minimum absolute atomic E-state index is 0.0405. The summed E-state index contributed by atoms with van der Waals surface area (Å²) in [6.45, 7) is 0. The van der Waals surface area contributed by atoms with Gasteiger partial charge in [0.1, 0.15) is 5.67 Å². The molecule has 3 aliphatic rings. The Bertz CT molecular complexity index is 653. The summed E-state index contributed by atoms with van der Waals surface area (Å²) in [7, 11) is 0. The number of carbonyl (C=O) groups excluding carboxylic acids is 1. The van der Waals surface area contributed by atoms with Crippen LogP contribution in [0.1, 0.15) is 54.4 Å². The van der Waals surface area contributed by atoms with Crippen LogP contribution in [0.2, 0.25) is 0 Å². The van der Waals surface area contributed by atoms with Crippen molar-refractivity contribution in [3.05, 3.63) is 29.3 Å². The third kappa shape index (κ3) is 3.73. The van der Waals surface area contributed by atoms with Gasteiger partial charge in [0.05, 0.1) is 16.8 Å². The number of rotatable bonds is 4. The lowest BCUT2D eigenvalue weighted by molar-refractivity contribution is -0.137. The highest BCUT2D eigenvalue weighted by molar-refractivity contribution is 7.99. The van der Waals surface area contributed by atoms with E-state index in [9.17, 15) is 22.4 Å². The van der Waals surface area contributed by atoms with Gasteiger partial charge in [0, 0.05) is 11.8 Å². The maximum absolute atomic E-state index is 14.3. The number of nitrogens with one attached hydrogen (secondary N) is 2. The Morgan fingerprint density at radius 1 is 1.12 bits per heavy atom. The summed E-state index contributed by atoms with van der Waals surface area (Å²) in [4.78, 5) is 12.7. The van der Waals surface area contributed by atoms with Crippen LogP contribution in [-0.2, 0) is 6.18 Å². The average molecular weight is 376 g/mol. The predicted octanol–water partition coefficient (Wildman–Crippen LogP) is 4.94. The molecule has 0 saturated heterocycles. The molecule has 2 N–H and O–H groups in total. The molecule has 1 aromatic rings. The van der Waals surface area contributed by atoms with Crippen molar-refractivity contribution in [3.63, 3.8) is 0 Å². The molecule has 3 fully saturated rings. The number of benzene rings is 1. The Labute approximate surface area is 148 Å².